The molecule has 0 saturated carbocycles. The molecule has 0 spiro atoms. The molecule has 0 aromatic heterocycles. The van der Waals surface area contributed by atoms with Gasteiger partial charge in [0, 0.05) is 23.5 Å². The van der Waals surface area contributed by atoms with Crippen LogP contribution in [0.1, 0.15) is 34.1 Å². The van der Waals surface area contributed by atoms with Crippen LogP contribution in [0.25, 0.3) is 0 Å². The Labute approximate surface area is 161 Å². The lowest BCUT2D eigenvalue weighted by Crippen LogP contribution is -2.58. The van der Waals surface area contributed by atoms with Gasteiger partial charge < -0.3 is 19.7 Å². The predicted molar refractivity (Wildman–Crippen MR) is 99.8 cm³/mol. The number of hydrogen-bond acceptors (Lipinski definition) is 5. The summed E-state index contributed by atoms with van der Waals surface area (Å²) < 4.78 is 11.4. The molecule has 1 aromatic carbocycles. The van der Waals surface area contributed by atoms with E-state index in [-0.39, 0.29) is 18.9 Å². The van der Waals surface area contributed by atoms with Crippen molar-refractivity contribution in [2.75, 3.05) is 11.4 Å². The van der Waals surface area contributed by atoms with Gasteiger partial charge in [-0.2, -0.15) is 0 Å². The van der Waals surface area contributed by atoms with Crippen LogP contribution in [-0.2, 0) is 19.1 Å². The number of alkyl carbamates (subject to hydrolysis) is 1. The zero-order chi connectivity index (χ0) is 19.5. The van der Waals surface area contributed by atoms with Crippen LogP contribution in [0.3, 0.4) is 0 Å². The van der Waals surface area contributed by atoms with Crippen LogP contribution in [0.15, 0.2) is 28.7 Å². The lowest BCUT2D eigenvalue weighted by atomic mass is 10.0. The number of esters is 1. The van der Waals surface area contributed by atoms with Crippen LogP contribution in [0.2, 0.25) is 0 Å². The number of hydrogen-bond donors (Lipinski definition) is 1. The van der Waals surface area contributed by atoms with Crippen molar-refractivity contribution in [2.24, 2.45) is 0 Å². The third kappa shape index (κ3) is 5.72. The summed E-state index contributed by atoms with van der Waals surface area (Å²) in [7, 11) is 0. The molecule has 2 atom stereocenters. The maximum atomic E-state index is 12.8. The van der Waals surface area contributed by atoms with E-state index in [0.29, 0.717) is 5.69 Å². The molecular formula is C18H23BrN2O5. The zero-order valence-corrected chi connectivity index (χ0v) is 16.8. The maximum absolute atomic E-state index is 12.8. The number of ether oxygens (including phenoxy) is 2. The number of nitrogens with zero attached hydrogens (tertiary/aromatic N) is 1. The van der Waals surface area contributed by atoms with Gasteiger partial charge in [-0.05, 0) is 45.0 Å². The molecule has 0 radical (unpaired) electrons. The van der Waals surface area contributed by atoms with E-state index in [0.717, 1.165) is 4.47 Å². The summed E-state index contributed by atoms with van der Waals surface area (Å²) in [4.78, 5) is 37.8. The fourth-order valence-electron chi connectivity index (χ4n) is 2.66. The smallest absolute Gasteiger partial charge is 0.408 e. The molecule has 0 aliphatic carbocycles. The lowest BCUT2D eigenvalue weighted by molar-refractivity contribution is -0.148. The number of benzene rings is 1. The first-order valence-electron chi connectivity index (χ1n) is 8.29. The van der Waals surface area contributed by atoms with Gasteiger partial charge in [0.15, 0.2) is 0 Å². The van der Waals surface area contributed by atoms with Crippen molar-refractivity contribution >= 4 is 39.6 Å². The number of carbonyl (C=O) groups excluding carboxylic acids is 3. The van der Waals surface area contributed by atoms with E-state index < -0.39 is 29.8 Å². The van der Waals surface area contributed by atoms with Crippen LogP contribution >= 0.6 is 15.9 Å². The Bertz CT molecular complexity index is 684. The summed E-state index contributed by atoms with van der Waals surface area (Å²) in [6.45, 7) is 6.77. The van der Waals surface area contributed by atoms with Crippen molar-refractivity contribution in [3.63, 3.8) is 0 Å². The summed E-state index contributed by atoms with van der Waals surface area (Å²) in [6.07, 6.45) is -1.01. The monoisotopic (exact) mass is 426 g/mol. The molecule has 26 heavy (non-hydrogen) atoms. The second kappa shape index (κ2) is 8.07. The Kier molecular flexibility index (Phi) is 6.28. The standard InChI is InChI=1S/C18H23BrN2O5/c1-11(22)25-14-9-15(20-17(24)26-18(2,3)4)16(23)21(10-14)13-7-5-12(19)6-8-13/h5-8,14-15H,9-10H2,1-4H3,(H,20,24)/t14-,15-/m1/s1. The molecule has 0 unspecified atom stereocenters. The Morgan fingerprint density at radius 3 is 2.38 bits per heavy atom. The van der Waals surface area contributed by atoms with Crippen molar-refractivity contribution < 1.29 is 23.9 Å². The first-order valence-corrected chi connectivity index (χ1v) is 9.08. The van der Waals surface area contributed by atoms with Crippen LogP contribution in [-0.4, -0.2) is 42.3 Å². The van der Waals surface area contributed by atoms with Gasteiger partial charge in [-0.15, -0.1) is 0 Å². The minimum Gasteiger partial charge on any atom is -0.461 e. The number of amides is 2. The average molecular weight is 427 g/mol. The summed E-state index contributed by atoms with van der Waals surface area (Å²) in [6, 6.07) is 6.35. The molecule has 2 amide bonds. The van der Waals surface area contributed by atoms with Crippen molar-refractivity contribution in [3.05, 3.63) is 28.7 Å². The molecular weight excluding hydrogens is 404 g/mol. The molecule has 1 fully saturated rings. The Balaban J connectivity index is 2.20. The Hall–Kier alpha value is -2.09. The number of rotatable bonds is 3. The molecule has 1 N–H and O–H groups in total. The fraction of sp³-hybridized carbons (Fsp3) is 0.500. The Morgan fingerprint density at radius 1 is 1.23 bits per heavy atom. The quantitative estimate of drug-likeness (QED) is 0.750. The van der Waals surface area contributed by atoms with Gasteiger partial charge in [0.25, 0.3) is 0 Å². The summed E-state index contributed by atoms with van der Waals surface area (Å²) in [5.74, 6) is -0.710. The van der Waals surface area contributed by atoms with Gasteiger partial charge in [0.2, 0.25) is 5.91 Å². The topological polar surface area (TPSA) is 84.9 Å². The highest BCUT2D eigenvalue weighted by molar-refractivity contribution is 9.10. The van der Waals surface area contributed by atoms with E-state index in [1.54, 1.807) is 32.9 Å². The molecule has 1 aliphatic heterocycles. The van der Waals surface area contributed by atoms with E-state index in [4.69, 9.17) is 9.47 Å². The van der Waals surface area contributed by atoms with Crippen molar-refractivity contribution in [1.82, 2.24) is 5.32 Å². The fourth-order valence-corrected chi connectivity index (χ4v) is 2.93. The molecule has 1 saturated heterocycles. The van der Waals surface area contributed by atoms with Gasteiger partial charge in [0.1, 0.15) is 17.7 Å². The van der Waals surface area contributed by atoms with Crippen LogP contribution in [0, 0.1) is 0 Å². The molecule has 1 heterocycles. The molecule has 8 heteroatoms. The van der Waals surface area contributed by atoms with Crippen molar-refractivity contribution in [1.29, 1.82) is 0 Å². The summed E-state index contributed by atoms with van der Waals surface area (Å²) in [5.41, 5.74) is -0.0197. The van der Waals surface area contributed by atoms with Crippen molar-refractivity contribution in [3.8, 4) is 0 Å². The highest BCUT2D eigenvalue weighted by atomic mass is 79.9. The summed E-state index contributed by atoms with van der Waals surface area (Å²) in [5, 5.41) is 2.59. The second-order valence-corrected chi connectivity index (χ2v) is 8.01. The summed E-state index contributed by atoms with van der Waals surface area (Å²) >= 11 is 3.36. The normalized spacial score (nSPS) is 20.5. The predicted octanol–water partition coefficient (Wildman–Crippen LogP) is 3.01. The van der Waals surface area contributed by atoms with E-state index in [9.17, 15) is 14.4 Å². The van der Waals surface area contributed by atoms with Gasteiger partial charge in [0.05, 0.1) is 6.54 Å². The highest BCUT2D eigenvalue weighted by Gasteiger charge is 2.38. The van der Waals surface area contributed by atoms with Crippen LogP contribution in [0.4, 0.5) is 10.5 Å². The van der Waals surface area contributed by atoms with Crippen LogP contribution < -0.4 is 10.2 Å². The van der Waals surface area contributed by atoms with E-state index >= 15 is 0 Å². The van der Waals surface area contributed by atoms with E-state index in [1.807, 2.05) is 12.1 Å². The largest absolute Gasteiger partial charge is 0.461 e. The van der Waals surface area contributed by atoms with E-state index in [2.05, 4.69) is 21.2 Å². The molecule has 142 valence electrons. The van der Waals surface area contributed by atoms with Gasteiger partial charge in [-0.1, -0.05) is 15.9 Å². The van der Waals surface area contributed by atoms with Gasteiger partial charge in [-0.25, -0.2) is 4.79 Å². The van der Waals surface area contributed by atoms with Gasteiger partial charge in [-0.3, -0.25) is 9.59 Å². The molecule has 2 rings (SSSR count). The minimum absolute atomic E-state index is 0.199. The first kappa shape index (κ1) is 20.2. The lowest BCUT2D eigenvalue weighted by Gasteiger charge is -2.37. The number of halogens is 1. The third-order valence-corrected chi connectivity index (χ3v) is 4.14. The minimum atomic E-state index is -0.841. The zero-order valence-electron chi connectivity index (χ0n) is 15.2. The average Bonchev–Trinajstić information content (AvgIpc) is 2.49. The second-order valence-electron chi connectivity index (χ2n) is 7.09. The Morgan fingerprint density at radius 2 is 1.85 bits per heavy atom. The molecule has 1 aromatic rings. The maximum Gasteiger partial charge on any atom is 0.408 e. The number of anilines is 1. The molecule has 7 nitrogen and oxygen atoms in total. The number of carbonyl (C=O) groups is 3. The molecule has 1 aliphatic rings. The van der Waals surface area contributed by atoms with E-state index in [1.165, 1.54) is 11.8 Å². The third-order valence-electron chi connectivity index (χ3n) is 3.61. The molecule has 0 bridgehead atoms. The van der Waals surface area contributed by atoms with Crippen molar-refractivity contribution in [2.45, 2.75) is 51.9 Å². The highest BCUT2D eigenvalue weighted by Crippen LogP contribution is 2.25. The number of piperidine rings is 1. The first-order chi connectivity index (χ1) is 12.0. The van der Waals surface area contributed by atoms with Gasteiger partial charge >= 0.3 is 12.1 Å². The number of nitrogens with one attached hydrogen (secondary N) is 1. The van der Waals surface area contributed by atoms with Crippen LogP contribution in [0.5, 0.6) is 0 Å². The SMILES string of the molecule is CC(=O)O[C@@H]1C[C@@H](NC(=O)OC(C)(C)C)C(=O)N(c2ccc(Br)cc2)C1.